The van der Waals surface area contributed by atoms with Gasteiger partial charge in [0.15, 0.2) is 17.6 Å². The Labute approximate surface area is 121 Å². The molecule has 0 radical (unpaired) electrons. The number of aliphatic hydroxyl groups is 1. The van der Waals surface area contributed by atoms with Gasteiger partial charge in [0, 0.05) is 5.71 Å². The normalized spacial score (nSPS) is 20.6. The van der Waals surface area contributed by atoms with E-state index in [2.05, 4.69) is 20.4 Å². The Hall–Kier alpha value is -2.56. The molecular formula is C11H10F3N7O. The first-order chi connectivity index (χ1) is 10.3. The van der Waals surface area contributed by atoms with Gasteiger partial charge in [-0.05, 0) is 19.1 Å². The SMILES string of the molecule is CC1=NN(c2ccc3nncn3n2)C(=N)[C@@H]1[C@H](O)C(F)(F)F. The lowest BCUT2D eigenvalue weighted by atomic mass is 9.96. The summed E-state index contributed by atoms with van der Waals surface area (Å²) >= 11 is 0. The molecule has 22 heavy (non-hydrogen) atoms. The summed E-state index contributed by atoms with van der Waals surface area (Å²) in [5.74, 6) is -1.92. The van der Waals surface area contributed by atoms with Gasteiger partial charge in [-0.2, -0.15) is 27.8 Å². The van der Waals surface area contributed by atoms with Crippen LogP contribution in [-0.4, -0.2) is 48.7 Å². The number of alkyl halides is 3. The minimum absolute atomic E-state index is 0.0134. The van der Waals surface area contributed by atoms with E-state index in [0.717, 1.165) is 5.01 Å². The summed E-state index contributed by atoms with van der Waals surface area (Å²) in [6.45, 7) is 1.32. The largest absolute Gasteiger partial charge is 0.415 e. The van der Waals surface area contributed by atoms with E-state index in [4.69, 9.17) is 5.41 Å². The van der Waals surface area contributed by atoms with Crippen LogP contribution in [0.5, 0.6) is 0 Å². The second-order valence-corrected chi connectivity index (χ2v) is 4.73. The summed E-state index contributed by atoms with van der Waals surface area (Å²) < 4.78 is 39.4. The molecule has 1 aliphatic heterocycles. The van der Waals surface area contributed by atoms with Crippen molar-refractivity contribution in [1.82, 2.24) is 19.8 Å². The second-order valence-electron chi connectivity index (χ2n) is 4.73. The summed E-state index contributed by atoms with van der Waals surface area (Å²) in [5, 5.41) is 33.6. The highest BCUT2D eigenvalue weighted by atomic mass is 19.4. The van der Waals surface area contributed by atoms with E-state index in [1.54, 1.807) is 6.07 Å². The molecule has 0 bridgehead atoms. The first-order valence-corrected chi connectivity index (χ1v) is 6.14. The maximum absolute atomic E-state index is 12.7. The molecule has 0 amide bonds. The van der Waals surface area contributed by atoms with E-state index < -0.39 is 24.0 Å². The highest BCUT2D eigenvalue weighted by Gasteiger charge is 2.50. The summed E-state index contributed by atoms with van der Waals surface area (Å²) in [4.78, 5) is 0. The number of hydrogen-bond donors (Lipinski definition) is 2. The lowest BCUT2D eigenvalue weighted by Gasteiger charge is -2.22. The Balaban J connectivity index is 1.95. The number of rotatable bonds is 2. The van der Waals surface area contributed by atoms with Crippen molar-refractivity contribution < 1.29 is 18.3 Å². The number of hydrogen-bond acceptors (Lipinski definition) is 6. The Morgan fingerprint density at radius 3 is 2.77 bits per heavy atom. The van der Waals surface area contributed by atoms with Crippen molar-refractivity contribution in [2.45, 2.75) is 19.2 Å². The Morgan fingerprint density at radius 2 is 2.09 bits per heavy atom. The zero-order valence-corrected chi connectivity index (χ0v) is 11.2. The average Bonchev–Trinajstić information content (AvgIpc) is 3.01. The maximum Gasteiger partial charge on any atom is 0.415 e. The molecule has 0 fully saturated rings. The standard InChI is InChI=1S/C11H10F3N7O/c1-5-8(9(22)11(12,13)14)10(15)21(18-5)7-3-2-6-17-16-4-20(6)19-7/h2-4,8-9,15,22H,1H3/t8-,9-/m0/s1. The van der Waals surface area contributed by atoms with Crippen molar-refractivity contribution in [1.29, 1.82) is 5.41 Å². The van der Waals surface area contributed by atoms with Gasteiger partial charge < -0.3 is 5.11 Å². The van der Waals surface area contributed by atoms with Crippen molar-refractivity contribution in [3.8, 4) is 0 Å². The highest BCUT2D eigenvalue weighted by Crippen LogP contribution is 2.32. The Bertz CT molecular complexity index is 768. The summed E-state index contributed by atoms with van der Waals surface area (Å²) in [5.41, 5.74) is 0.433. The lowest BCUT2D eigenvalue weighted by molar-refractivity contribution is -0.207. The third-order valence-corrected chi connectivity index (χ3v) is 3.25. The molecule has 0 aliphatic carbocycles. The van der Waals surface area contributed by atoms with E-state index in [0.29, 0.717) is 5.65 Å². The summed E-state index contributed by atoms with van der Waals surface area (Å²) in [7, 11) is 0. The van der Waals surface area contributed by atoms with Gasteiger partial charge in [-0.25, -0.2) is 0 Å². The van der Waals surface area contributed by atoms with Crippen molar-refractivity contribution >= 4 is 23.0 Å². The van der Waals surface area contributed by atoms with Gasteiger partial charge in [0.2, 0.25) is 0 Å². The van der Waals surface area contributed by atoms with Crippen LogP contribution in [0, 0.1) is 11.3 Å². The molecular weight excluding hydrogens is 303 g/mol. The minimum Gasteiger partial charge on any atom is -0.383 e. The average molecular weight is 313 g/mol. The number of hydrazone groups is 1. The van der Waals surface area contributed by atoms with Gasteiger partial charge in [0.25, 0.3) is 0 Å². The van der Waals surface area contributed by atoms with Crippen molar-refractivity contribution in [3.63, 3.8) is 0 Å². The van der Waals surface area contributed by atoms with Gasteiger partial charge in [-0.1, -0.05) is 0 Å². The first-order valence-electron chi connectivity index (χ1n) is 6.14. The van der Waals surface area contributed by atoms with E-state index in [1.165, 1.54) is 23.8 Å². The van der Waals surface area contributed by atoms with E-state index in [1.807, 2.05) is 0 Å². The topological polar surface area (TPSA) is 103 Å². The molecule has 0 unspecified atom stereocenters. The lowest BCUT2D eigenvalue weighted by Crippen LogP contribution is -2.43. The van der Waals surface area contributed by atoms with E-state index in [-0.39, 0.29) is 11.5 Å². The van der Waals surface area contributed by atoms with Crippen LogP contribution in [0.15, 0.2) is 23.6 Å². The number of nitrogens with zero attached hydrogens (tertiary/aromatic N) is 6. The van der Waals surface area contributed by atoms with Crippen LogP contribution in [0.3, 0.4) is 0 Å². The van der Waals surface area contributed by atoms with Crippen LogP contribution in [0.25, 0.3) is 5.65 Å². The Morgan fingerprint density at radius 1 is 1.36 bits per heavy atom. The smallest absolute Gasteiger partial charge is 0.383 e. The molecule has 0 aromatic carbocycles. The summed E-state index contributed by atoms with van der Waals surface area (Å²) in [6, 6.07) is 3.00. The number of aliphatic hydroxyl groups excluding tert-OH is 1. The molecule has 8 nitrogen and oxygen atoms in total. The predicted octanol–water partition coefficient (Wildman–Crippen LogP) is 0.837. The number of aromatic nitrogens is 4. The van der Waals surface area contributed by atoms with Gasteiger partial charge in [0.05, 0.1) is 5.92 Å². The van der Waals surface area contributed by atoms with Crippen LogP contribution >= 0.6 is 0 Å². The van der Waals surface area contributed by atoms with Gasteiger partial charge >= 0.3 is 6.18 Å². The number of halogens is 3. The first kappa shape index (κ1) is 14.4. The van der Waals surface area contributed by atoms with Crippen LogP contribution < -0.4 is 5.01 Å². The second kappa shape index (κ2) is 4.73. The molecule has 1 aliphatic rings. The number of amidine groups is 1. The number of nitrogens with one attached hydrogen (secondary N) is 1. The van der Waals surface area contributed by atoms with Crippen LogP contribution in [0.4, 0.5) is 19.0 Å². The quantitative estimate of drug-likeness (QED) is 0.855. The van der Waals surface area contributed by atoms with E-state index >= 15 is 0 Å². The number of anilines is 1. The molecule has 3 rings (SSSR count). The fourth-order valence-electron chi connectivity index (χ4n) is 2.18. The summed E-state index contributed by atoms with van der Waals surface area (Å²) in [6.07, 6.45) is -6.21. The minimum atomic E-state index is -4.84. The monoisotopic (exact) mass is 313 g/mol. The molecule has 116 valence electrons. The molecule has 2 aromatic heterocycles. The third kappa shape index (κ3) is 2.19. The van der Waals surface area contributed by atoms with Crippen LogP contribution in [-0.2, 0) is 0 Å². The molecule has 2 aromatic rings. The maximum atomic E-state index is 12.7. The van der Waals surface area contributed by atoms with E-state index in [9.17, 15) is 18.3 Å². The number of fused-ring (bicyclic) bond motifs is 1. The molecule has 2 atom stereocenters. The van der Waals surface area contributed by atoms with Crippen molar-refractivity contribution in [3.05, 3.63) is 18.5 Å². The van der Waals surface area contributed by atoms with Gasteiger partial charge in [-0.15, -0.1) is 15.3 Å². The molecule has 0 spiro atoms. The van der Waals surface area contributed by atoms with Gasteiger partial charge in [0.1, 0.15) is 12.2 Å². The molecule has 0 saturated carbocycles. The molecule has 0 saturated heterocycles. The fraction of sp³-hybridized carbons (Fsp3) is 0.364. The molecule has 3 heterocycles. The molecule has 11 heteroatoms. The highest BCUT2D eigenvalue weighted by molar-refractivity contribution is 6.16. The van der Waals surface area contributed by atoms with Crippen LogP contribution in [0.1, 0.15) is 6.92 Å². The zero-order valence-electron chi connectivity index (χ0n) is 11.2. The zero-order chi connectivity index (χ0) is 16.1. The van der Waals surface area contributed by atoms with Crippen LogP contribution in [0.2, 0.25) is 0 Å². The predicted molar refractivity (Wildman–Crippen MR) is 69.6 cm³/mol. The fourth-order valence-corrected chi connectivity index (χ4v) is 2.18. The van der Waals surface area contributed by atoms with Gasteiger partial charge in [-0.3, -0.25) is 5.41 Å². The third-order valence-electron chi connectivity index (χ3n) is 3.25. The Kier molecular flexibility index (Phi) is 3.09. The van der Waals surface area contributed by atoms with Crippen molar-refractivity contribution in [2.75, 3.05) is 5.01 Å². The molecule has 2 N–H and O–H groups in total. The van der Waals surface area contributed by atoms with Crippen molar-refractivity contribution in [2.24, 2.45) is 11.0 Å².